The molecule has 0 aliphatic rings. The summed E-state index contributed by atoms with van der Waals surface area (Å²) < 4.78 is 14.0. The number of rotatable bonds is 8. The van der Waals surface area contributed by atoms with E-state index >= 15 is 0 Å². The summed E-state index contributed by atoms with van der Waals surface area (Å²) in [6.07, 6.45) is 0.0352. The summed E-state index contributed by atoms with van der Waals surface area (Å²) in [4.78, 5) is 46.0. The first-order chi connectivity index (χ1) is 11.9. The second-order valence-corrected chi connectivity index (χ2v) is 5.14. The molecule has 1 N–H and O–H groups in total. The Morgan fingerprint density at radius 2 is 1.68 bits per heavy atom. The van der Waals surface area contributed by atoms with E-state index in [1.165, 1.54) is 21.1 Å². The smallest absolute Gasteiger partial charge is 0.328 e. The molecular formula is C17H21NO7. The maximum absolute atomic E-state index is 12.2. The minimum Gasteiger partial charge on any atom is -0.469 e. The molecule has 25 heavy (non-hydrogen) atoms. The number of nitrogens with one attached hydrogen (secondary N) is 1. The standard InChI is InChI=1S/C17H21NO7/c1-11(19)25-10-12-4-6-13(7-5-12)16(21)18-14(17(22)24-3)8-9-15(20)23-2/h4-7,14H,8-10H2,1-3H3,(H,18,21)/t14-/m1/s1. The summed E-state index contributed by atoms with van der Waals surface area (Å²) >= 11 is 0. The largest absolute Gasteiger partial charge is 0.469 e. The lowest BCUT2D eigenvalue weighted by atomic mass is 10.1. The first kappa shape index (κ1) is 20.1. The van der Waals surface area contributed by atoms with Gasteiger partial charge in [-0.1, -0.05) is 12.1 Å². The molecule has 1 rings (SSSR count). The number of hydrogen-bond acceptors (Lipinski definition) is 7. The molecule has 0 radical (unpaired) electrons. The monoisotopic (exact) mass is 351 g/mol. The molecule has 1 aromatic rings. The molecule has 8 heteroatoms. The van der Waals surface area contributed by atoms with Crippen LogP contribution in [0.5, 0.6) is 0 Å². The molecule has 0 aromatic heterocycles. The van der Waals surface area contributed by atoms with Gasteiger partial charge in [0.05, 0.1) is 14.2 Å². The fourth-order valence-electron chi connectivity index (χ4n) is 1.93. The van der Waals surface area contributed by atoms with Crippen molar-refractivity contribution in [2.24, 2.45) is 0 Å². The van der Waals surface area contributed by atoms with Gasteiger partial charge in [0.25, 0.3) is 5.91 Å². The Kier molecular flexibility index (Phi) is 8.11. The molecule has 1 amide bonds. The maximum atomic E-state index is 12.2. The van der Waals surface area contributed by atoms with Gasteiger partial charge in [0, 0.05) is 18.9 Å². The van der Waals surface area contributed by atoms with Crippen molar-refractivity contribution in [3.63, 3.8) is 0 Å². The normalized spacial score (nSPS) is 11.2. The summed E-state index contributed by atoms with van der Waals surface area (Å²) in [7, 11) is 2.44. The van der Waals surface area contributed by atoms with Gasteiger partial charge in [-0.3, -0.25) is 14.4 Å². The van der Waals surface area contributed by atoms with Crippen LogP contribution in [0, 0.1) is 0 Å². The summed E-state index contributed by atoms with van der Waals surface area (Å²) in [5, 5.41) is 2.53. The van der Waals surface area contributed by atoms with Crippen molar-refractivity contribution in [3.8, 4) is 0 Å². The summed E-state index contributed by atoms with van der Waals surface area (Å²) in [5.74, 6) is -2.02. The van der Waals surface area contributed by atoms with Crippen molar-refractivity contribution in [2.75, 3.05) is 14.2 Å². The number of carbonyl (C=O) groups is 4. The minimum atomic E-state index is -0.961. The van der Waals surface area contributed by atoms with Gasteiger partial charge >= 0.3 is 17.9 Å². The van der Waals surface area contributed by atoms with E-state index in [0.29, 0.717) is 5.56 Å². The van der Waals surface area contributed by atoms with Crippen LogP contribution in [0.4, 0.5) is 0 Å². The Balaban J connectivity index is 2.70. The van der Waals surface area contributed by atoms with Crippen LogP contribution >= 0.6 is 0 Å². The second kappa shape index (κ2) is 10.1. The van der Waals surface area contributed by atoms with Gasteiger partial charge in [0.2, 0.25) is 0 Å². The zero-order valence-electron chi connectivity index (χ0n) is 14.4. The zero-order chi connectivity index (χ0) is 18.8. The molecule has 0 aliphatic carbocycles. The van der Waals surface area contributed by atoms with E-state index in [4.69, 9.17) is 4.74 Å². The van der Waals surface area contributed by atoms with Crippen LogP contribution < -0.4 is 5.32 Å². The van der Waals surface area contributed by atoms with E-state index in [9.17, 15) is 19.2 Å². The van der Waals surface area contributed by atoms with Crippen LogP contribution in [0.15, 0.2) is 24.3 Å². The number of ether oxygens (including phenoxy) is 3. The molecule has 0 saturated carbocycles. The Morgan fingerprint density at radius 1 is 1.04 bits per heavy atom. The van der Waals surface area contributed by atoms with Gasteiger partial charge in [-0.2, -0.15) is 0 Å². The number of methoxy groups -OCH3 is 2. The van der Waals surface area contributed by atoms with Crippen LogP contribution in [0.2, 0.25) is 0 Å². The number of esters is 3. The fourth-order valence-corrected chi connectivity index (χ4v) is 1.93. The third-order valence-electron chi connectivity index (χ3n) is 3.31. The van der Waals surface area contributed by atoms with Crippen molar-refractivity contribution in [3.05, 3.63) is 35.4 Å². The van der Waals surface area contributed by atoms with Gasteiger partial charge < -0.3 is 19.5 Å². The highest BCUT2D eigenvalue weighted by Crippen LogP contribution is 2.08. The first-order valence-electron chi connectivity index (χ1n) is 7.55. The molecule has 0 unspecified atom stereocenters. The van der Waals surface area contributed by atoms with E-state index in [1.54, 1.807) is 24.3 Å². The number of benzene rings is 1. The topological polar surface area (TPSA) is 108 Å². The SMILES string of the molecule is COC(=O)CC[C@@H](NC(=O)c1ccc(COC(C)=O)cc1)C(=O)OC. The van der Waals surface area contributed by atoms with Gasteiger partial charge in [0.1, 0.15) is 12.6 Å². The molecule has 8 nitrogen and oxygen atoms in total. The van der Waals surface area contributed by atoms with E-state index in [0.717, 1.165) is 5.56 Å². The summed E-state index contributed by atoms with van der Waals surface area (Å²) in [6.45, 7) is 1.42. The van der Waals surface area contributed by atoms with Crippen LogP contribution in [-0.4, -0.2) is 44.1 Å². The van der Waals surface area contributed by atoms with Gasteiger partial charge in [-0.15, -0.1) is 0 Å². The van der Waals surface area contributed by atoms with Crippen molar-refractivity contribution < 1.29 is 33.4 Å². The van der Waals surface area contributed by atoms with Crippen molar-refractivity contribution >= 4 is 23.8 Å². The zero-order valence-corrected chi connectivity index (χ0v) is 14.4. The molecule has 1 atom stereocenters. The lowest BCUT2D eigenvalue weighted by Crippen LogP contribution is -2.41. The molecule has 0 saturated heterocycles. The molecular weight excluding hydrogens is 330 g/mol. The van der Waals surface area contributed by atoms with E-state index < -0.39 is 29.9 Å². The number of carbonyl (C=O) groups excluding carboxylic acids is 4. The molecule has 136 valence electrons. The van der Waals surface area contributed by atoms with Crippen LogP contribution in [0.3, 0.4) is 0 Å². The second-order valence-electron chi connectivity index (χ2n) is 5.14. The van der Waals surface area contributed by atoms with Crippen LogP contribution in [0.1, 0.15) is 35.7 Å². The van der Waals surface area contributed by atoms with Gasteiger partial charge in [0.15, 0.2) is 0 Å². The van der Waals surface area contributed by atoms with E-state index in [2.05, 4.69) is 14.8 Å². The van der Waals surface area contributed by atoms with Crippen molar-refractivity contribution in [1.29, 1.82) is 0 Å². The van der Waals surface area contributed by atoms with Gasteiger partial charge in [-0.25, -0.2) is 4.79 Å². The van der Waals surface area contributed by atoms with Crippen molar-refractivity contribution in [2.45, 2.75) is 32.4 Å². The minimum absolute atomic E-state index is 0.0299. The molecule has 0 heterocycles. The quantitative estimate of drug-likeness (QED) is 0.549. The Morgan fingerprint density at radius 3 is 2.20 bits per heavy atom. The predicted octanol–water partition coefficient (Wildman–Crippen LogP) is 0.974. The molecule has 0 aliphatic heterocycles. The Bertz CT molecular complexity index is 624. The molecule has 0 fully saturated rings. The van der Waals surface area contributed by atoms with Crippen molar-refractivity contribution in [1.82, 2.24) is 5.32 Å². The third kappa shape index (κ3) is 7.03. The fraction of sp³-hybridized carbons (Fsp3) is 0.412. The lowest BCUT2D eigenvalue weighted by Gasteiger charge is -2.16. The Labute approximate surface area is 145 Å². The predicted molar refractivity (Wildman–Crippen MR) is 86.4 cm³/mol. The highest BCUT2D eigenvalue weighted by atomic mass is 16.5. The summed E-state index contributed by atoms with van der Waals surface area (Å²) in [6, 6.07) is 5.40. The number of amides is 1. The third-order valence-corrected chi connectivity index (χ3v) is 3.31. The highest BCUT2D eigenvalue weighted by molar-refractivity contribution is 5.96. The first-order valence-corrected chi connectivity index (χ1v) is 7.55. The average Bonchev–Trinajstić information content (AvgIpc) is 2.62. The molecule has 0 spiro atoms. The lowest BCUT2D eigenvalue weighted by molar-refractivity contribution is -0.144. The maximum Gasteiger partial charge on any atom is 0.328 e. The highest BCUT2D eigenvalue weighted by Gasteiger charge is 2.23. The van der Waals surface area contributed by atoms with Crippen LogP contribution in [-0.2, 0) is 35.2 Å². The number of hydrogen-bond donors (Lipinski definition) is 1. The molecule has 1 aromatic carbocycles. The van der Waals surface area contributed by atoms with Crippen LogP contribution in [0.25, 0.3) is 0 Å². The average molecular weight is 351 g/mol. The van der Waals surface area contributed by atoms with E-state index in [-0.39, 0.29) is 19.4 Å². The van der Waals surface area contributed by atoms with Gasteiger partial charge in [-0.05, 0) is 24.1 Å². The molecule has 0 bridgehead atoms. The summed E-state index contributed by atoms with van der Waals surface area (Å²) in [5.41, 5.74) is 1.04. The van der Waals surface area contributed by atoms with E-state index in [1.807, 2.05) is 0 Å². The Hall–Kier alpha value is -2.90.